The highest BCUT2D eigenvalue weighted by molar-refractivity contribution is 7.10. The Morgan fingerprint density at radius 2 is 2.33 bits per heavy atom. The van der Waals surface area contributed by atoms with Gasteiger partial charge in [0.05, 0.1) is 18.8 Å². The lowest BCUT2D eigenvalue weighted by atomic mass is 10.2. The number of carbonyl (C=O) groups is 1. The van der Waals surface area contributed by atoms with Gasteiger partial charge in [-0.15, -0.1) is 11.3 Å². The lowest BCUT2D eigenvalue weighted by molar-refractivity contribution is -0.0294. The van der Waals surface area contributed by atoms with Crippen LogP contribution < -0.4 is 5.32 Å². The molecule has 5 nitrogen and oxygen atoms in total. The summed E-state index contributed by atoms with van der Waals surface area (Å²) >= 11 is 1.74. The number of hydrogen-bond donors (Lipinski definition) is 1. The Morgan fingerprint density at radius 1 is 1.46 bits per heavy atom. The Labute approximate surface area is 149 Å². The van der Waals surface area contributed by atoms with Crippen molar-refractivity contribution >= 4 is 17.4 Å². The van der Waals surface area contributed by atoms with Gasteiger partial charge in [-0.05, 0) is 30.2 Å². The zero-order valence-corrected chi connectivity index (χ0v) is 15.6. The highest BCUT2D eigenvalue weighted by Crippen LogP contribution is 2.34. The van der Waals surface area contributed by atoms with Crippen LogP contribution in [0.3, 0.4) is 0 Å². The second-order valence-corrected chi connectivity index (χ2v) is 8.18. The minimum Gasteiger partial charge on any atom is -0.374 e. The van der Waals surface area contributed by atoms with E-state index in [2.05, 4.69) is 41.6 Å². The van der Waals surface area contributed by atoms with Crippen molar-refractivity contribution in [3.05, 3.63) is 22.4 Å². The normalized spacial score (nSPS) is 25.4. The molecule has 2 fully saturated rings. The molecule has 0 saturated carbocycles. The van der Waals surface area contributed by atoms with Gasteiger partial charge in [0.2, 0.25) is 0 Å². The first-order chi connectivity index (χ1) is 11.6. The smallest absolute Gasteiger partial charge is 0.318 e. The van der Waals surface area contributed by atoms with Crippen LogP contribution in [0, 0.1) is 5.92 Å². The zero-order chi connectivity index (χ0) is 16.9. The largest absolute Gasteiger partial charge is 0.374 e. The number of carbonyl (C=O) groups excluding carboxylic acids is 1. The molecule has 2 amide bonds. The number of morpholine rings is 1. The minimum atomic E-state index is 0.0514. The van der Waals surface area contributed by atoms with E-state index in [9.17, 15) is 4.79 Å². The number of nitrogens with zero attached hydrogens (tertiary/aromatic N) is 2. The van der Waals surface area contributed by atoms with Gasteiger partial charge in [-0.2, -0.15) is 0 Å². The number of hydrogen-bond acceptors (Lipinski definition) is 4. The molecule has 24 heavy (non-hydrogen) atoms. The van der Waals surface area contributed by atoms with Crippen LogP contribution in [-0.4, -0.2) is 61.3 Å². The van der Waals surface area contributed by atoms with Gasteiger partial charge >= 0.3 is 6.03 Å². The summed E-state index contributed by atoms with van der Waals surface area (Å²) in [5.74, 6) is 0.662. The van der Waals surface area contributed by atoms with Gasteiger partial charge < -0.3 is 15.0 Å². The molecule has 6 heteroatoms. The van der Waals surface area contributed by atoms with Crippen LogP contribution in [0.25, 0.3) is 0 Å². The number of thiophene rings is 1. The molecule has 1 aromatic rings. The monoisotopic (exact) mass is 351 g/mol. The average molecular weight is 352 g/mol. The first kappa shape index (κ1) is 17.7. The molecule has 2 aliphatic rings. The van der Waals surface area contributed by atoms with Gasteiger partial charge in [0.1, 0.15) is 0 Å². The molecule has 0 aliphatic carbocycles. The van der Waals surface area contributed by atoms with Crippen LogP contribution in [0.5, 0.6) is 0 Å². The fourth-order valence-corrected chi connectivity index (χ4v) is 4.55. The molecule has 2 atom stereocenters. The number of nitrogens with one attached hydrogen (secondary N) is 1. The van der Waals surface area contributed by atoms with E-state index in [0.717, 1.165) is 45.6 Å². The van der Waals surface area contributed by atoms with E-state index in [4.69, 9.17) is 4.74 Å². The van der Waals surface area contributed by atoms with Gasteiger partial charge in [0.25, 0.3) is 0 Å². The van der Waals surface area contributed by atoms with E-state index < -0.39 is 0 Å². The van der Waals surface area contributed by atoms with Crippen LogP contribution in [0.4, 0.5) is 4.79 Å². The number of amides is 2. The zero-order valence-electron chi connectivity index (χ0n) is 14.7. The van der Waals surface area contributed by atoms with E-state index in [0.29, 0.717) is 12.5 Å². The van der Waals surface area contributed by atoms with Crippen LogP contribution in [-0.2, 0) is 4.74 Å². The summed E-state index contributed by atoms with van der Waals surface area (Å²) in [5.41, 5.74) is 0. The molecular formula is C18H29N3O2S. The molecule has 1 N–H and O–H groups in total. The molecule has 2 saturated heterocycles. The molecule has 2 aliphatic heterocycles. The SMILES string of the molecule is CC(C)CN1CCOC(CNC(=O)N2CCCC2c2cccs2)C1. The fourth-order valence-electron chi connectivity index (χ4n) is 3.68. The van der Waals surface area contributed by atoms with Gasteiger partial charge in [-0.1, -0.05) is 19.9 Å². The van der Waals surface area contributed by atoms with Gasteiger partial charge in [-0.3, -0.25) is 4.90 Å². The van der Waals surface area contributed by atoms with Gasteiger partial charge in [0.15, 0.2) is 0 Å². The molecular weight excluding hydrogens is 322 g/mol. The van der Waals surface area contributed by atoms with Crippen LogP contribution in [0.2, 0.25) is 0 Å². The van der Waals surface area contributed by atoms with Crippen LogP contribution in [0.15, 0.2) is 17.5 Å². The Bertz CT molecular complexity index is 520. The lowest BCUT2D eigenvalue weighted by Gasteiger charge is -2.34. The van der Waals surface area contributed by atoms with Crippen LogP contribution >= 0.6 is 11.3 Å². The van der Waals surface area contributed by atoms with Gasteiger partial charge in [-0.25, -0.2) is 4.79 Å². The summed E-state index contributed by atoms with van der Waals surface area (Å²) in [5, 5.41) is 5.19. The molecule has 3 rings (SSSR count). The highest BCUT2D eigenvalue weighted by atomic mass is 32.1. The minimum absolute atomic E-state index is 0.0514. The predicted molar refractivity (Wildman–Crippen MR) is 97.4 cm³/mol. The van der Waals surface area contributed by atoms with E-state index >= 15 is 0 Å². The Hall–Kier alpha value is -1.11. The molecule has 2 unspecified atom stereocenters. The number of urea groups is 1. The fraction of sp³-hybridized carbons (Fsp3) is 0.722. The molecule has 134 valence electrons. The highest BCUT2D eigenvalue weighted by Gasteiger charge is 2.31. The summed E-state index contributed by atoms with van der Waals surface area (Å²) in [4.78, 5) is 18.3. The second kappa shape index (κ2) is 8.32. The predicted octanol–water partition coefficient (Wildman–Crippen LogP) is 2.95. The lowest BCUT2D eigenvalue weighted by Crippen LogP contribution is -2.50. The summed E-state index contributed by atoms with van der Waals surface area (Å²) < 4.78 is 5.83. The average Bonchev–Trinajstić information content (AvgIpc) is 3.22. The summed E-state index contributed by atoms with van der Waals surface area (Å²) in [7, 11) is 0. The maximum atomic E-state index is 12.6. The van der Waals surface area contributed by atoms with Crippen molar-refractivity contribution in [1.29, 1.82) is 0 Å². The standard InChI is InChI=1S/C18H29N3O2S/c1-14(2)12-20-8-9-23-15(13-20)11-19-18(22)21-7-3-5-16(21)17-6-4-10-24-17/h4,6,10,14-16H,3,5,7-9,11-13H2,1-2H3,(H,19,22). The number of rotatable bonds is 5. The maximum absolute atomic E-state index is 12.6. The maximum Gasteiger partial charge on any atom is 0.318 e. The van der Waals surface area contributed by atoms with Crippen molar-refractivity contribution in [3.8, 4) is 0 Å². The molecule has 0 radical (unpaired) electrons. The van der Waals surface area contributed by atoms with Crippen molar-refractivity contribution in [2.24, 2.45) is 5.92 Å². The first-order valence-corrected chi connectivity index (χ1v) is 9.93. The quantitative estimate of drug-likeness (QED) is 0.887. The Kier molecular flexibility index (Phi) is 6.14. The second-order valence-electron chi connectivity index (χ2n) is 7.20. The summed E-state index contributed by atoms with van der Waals surface area (Å²) in [6.45, 7) is 9.69. The van der Waals surface area contributed by atoms with Crippen molar-refractivity contribution in [2.45, 2.75) is 38.8 Å². The van der Waals surface area contributed by atoms with Crippen molar-refractivity contribution in [2.75, 3.05) is 39.3 Å². The molecule has 3 heterocycles. The van der Waals surface area contributed by atoms with E-state index in [-0.39, 0.29) is 18.2 Å². The third-order valence-electron chi connectivity index (χ3n) is 4.71. The van der Waals surface area contributed by atoms with E-state index in [1.165, 1.54) is 4.88 Å². The van der Waals surface area contributed by atoms with Gasteiger partial charge in [0, 0.05) is 37.6 Å². The van der Waals surface area contributed by atoms with Crippen molar-refractivity contribution in [3.63, 3.8) is 0 Å². The molecule has 0 spiro atoms. The van der Waals surface area contributed by atoms with Crippen molar-refractivity contribution < 1.29 is 9.53 Å². The third kappa shape index (κ3) is 4.49. The Balaban J connectivity index is 1.48. The molecule has 0 bridgehead atoms. The summed E-state index contributed by atoms with van der Waals surface area (Å²) in [6, 6.07) is 4.49. The third-order valence-corrected chi connectivity index (χ3v) is 5.69. The summed E-state index contributed by atoms with van der Waals surface area (Å²) in [6.07, 6.45) is 2.25. The number of likely N-dealkylation sites (tertiary alicyclic amines) is 1. The van der Waals surface area contributed by atoms with E-state index in [1.54, 1.807) is 11.3 Å². The Morgan fingerprint density at radius 3 is 3.08 bits per heavy atom. The molecule has 1 aromatic heterocycles. The van der Waals surface area contributed by atoms with Crippen LogP contribution in [0.1, 0.15) is 37.6 Å². The first-order valence-electron chi connectivity index (χ1n) is 9.05. The topological polar surface area (TPSA) is 44.8 Å². The number of ether oxygens (including phenoxy) is 1. The molecule has 0 aromatic carbocycles. The van der Waals surface area contributed by atoms with E-state index in [1.807, 2.05) is 4.90 Å². The van der Waals surface area contributed by atoms with Crippen molar-refractivity contribution in [1.82, 2.24) is 15.1 Å².